The Balaban J connectivity index is 2.61. The van der Waals surface area contributed by atoms with E-state index in [1.807, 2.05) is 0 Å². The predicted octanol–water partition coefficient (Wildman–Crippen LogP) is 3.65. The van der Waals surface area contributed by atoms with Crippen LogP contribution in [-0.4, -0.2) is 29.6 Å². The quantitative estimate of drug-likeness (QED) is 0.811. The summed E-state index contributed by atoms with van der Waals surface area (Å²) in [7, 11) is 2.09. The lowest BCUT2D eigenvalue weighted by Gasteiger charge is -2.29. The molecular weight excluding hydrogens is 234 g/mol. The highest BCUT2D eigenvalue weighted by Gasteiger charge is 2.20. The Bertz CT molecular complexity index is 358. The largest absolute Gasteiger partial charge is 0.387 e. The molecule has 0 aliphatic carbocycles. The Kier molecular flexibility index (Phi) is 6.53. The minimum Gasteiger partial charge on any atom is -0.387 e. The van der Waals surface area contributed by atoms with Gasteiger partial charge in [-0.15, -0.1) is 0 Å². The maximum atomic E-state index is 10.4. The van der Waals surface area contributed by atoms with Gasteiger partial charge in [-0.2, -0.15) is 0 Å². The van der Waals surface area contributed by atoms with Gasteiger partial charge in [-0.05, 0) is 50.4 Å². The minimum atomic E-state index is -0.414. The number of benzene rings is 1. The third kappa shape index (κ3) is 4.96. The van der Waals surface area contributed by atoms with Crippen molar-refractivity contribution in [1.29, 1.82) is 0 Å². The molecule has 19 heavy (non-hydrogen) atoms. The molecule has 2 heteroatoms. The van der Waals surface area contributed by atoms with Gasteiger partial charge in [-0.1, -0.05) is 45.0 Å². The molecule has 0 bridgehead atoms. The van der Waals surface area contributed by atoms with Crippen LogP contribution in [0.25, 0.3) is 0 Å². The first-order valence-electron chi connectivity index (χ1n) is 7.42. The maximum absolute atomic E-state index is 10.4. The second kappa shape index (κ2) is 7.66. The van der Waals surface area contributed by atoms with Crippen LogP contribution in [0.1, 0.15) is 51.3 Å². The number of aryl methyl sites for hydroxylation is 1. The third-order valence-corrected chi connectivity index (χ3v) is 3.94. The molecule has 0 saturated carbocycles. The molecule has 2 unspecified atom stereocenters. The Morgan fingerprint density at radius 3 is 2.16 bits per heavy atom. The van der Waals surface area contributed by atoms with E-state index >= 15 is 0 Å². The smallest absolute Gasteiger partial charge is 0.0942 e. The van der Waals surface area contributed by atoms with Crippen molar-refractivity contribution in [1.82, 2.24) is 4.90 Å². The number of aliphatic hydroxyl groups is 1. The lowest BCUT2D eigenvalue weighted by molar-refractivity contribution is 0.0703. The van der Waals surface area contributed by atoms with Crippen LogP contribution in [0.15, 0.2) is 24.3 Å². The molecule has 2 nitrogen and oxygen atoms in total. The molecule has 0 heterocycles. The van der Waals surface area contributed by atoms with Crippen molar-refractivity contribution in [3.05, 3.63) is 35.4 Å². The Morgan fingerprint density at radius 1 is 1.11 bits per heavy atom. The Hall–Kier alpha value is -0.860. The summed E-state index contributed by atoms with van der Waals surface area (Å²) in [6.45, 7) is 9.74. The molecule has 2 atom stereocenters. The molecular formula is C17H29NO. The van der Waals surface area contributed by atoms with E-state index in [-0.39, 0.29) is 6.04 Å². The lowest BCUT2D eigenvalue weighted by Crippen LogP contribution is -2.35. The molecule has 1 aromatic rings. The van der Waals surface area contributed by atoms with Gasteiger partial charge >= 0.3 is 0 Å². The molecule has 0 aliphatic heterocycles. The molecule has 1 aromatic carbocycles. The first-order valence-corrected chi connectivity index (χ1v) is 7.42. The number of rotatable bonds is 7. The average Bonchev–Trinajstić information content (AvgIpc) is 2.43. The number of nitrogens with zero attached hydrogens (tertiary/aromatic N) is 1. The van der Waals surface area contributed by atoms with Gasteiger partial charge in [0.15, 0.2) is 0 Å². The first-order chi connectivity index (χ1) is 8.95. The molecule has 0 aliphatic rings. The zero-order valence-corrected chi connectivity index (χ0v) is 13.1. The summed E-state index contributed by atoms with van der Waals surface area (Å²) in [6.07, 6.45) is 1.80. The number of hydrogen-bond donors (Lipinski definition) is 1. The van der Waals surface area contributed by atoms with E-state index in [4.69, 9.17) is 0 Å². The highest BCUT2D eigenvalue weighted by molar-refractivity contribution is 5.24. The van der Waals surface area contributed by atoms with Crippen LogP contribution >= 0.6 is 0 Å². The standard InChI is InChI=1S/C17H29NO/c1-6-15-7-9-16(10-8-15)17(19)14(4)18(5)12-11-13(2)3/h7-10,13-14,17,19H,6,11-12H2,1-5H3. The van der Waals surface area contributed by atoms with Gasteiger partial charge in [-0.3, -0.25) is 0 Å². The summed E-state index contributed by atoms with van der Waals surface area (Å²) in [6, 6.07) is 8.47. The number of likely N-dealkylation sites (N-methyl/N-ethyl adjacent to an activating group) is 1. The van der Waals surface area contributed by atoms with Crippen LogP contribution in [0, 0.1) is 5.92 Å². The molecule has 108 valence electrons. The van der Waals surface area contributed by atoms with Crippen LogP contribution < -0.4 is 0 Å². The van der Waals surface area contributed by atoms with Gasteiger partial charge in [0, 0.05) is 6.04 Å². The van der Waals surface area contributed by atoms with Crippen molar-refractivity contribution < 1.29 is 5.11 Å². The normalized spacial score (nSPS) is 14.9. The highest BCUT2D eigenvalue weighted by Crippen LogP contribution is 2.21. The van der Waals surface area contributed by atoms with E-state index < -0.39 is 6.10 Å². The summed E-state index contributed by atoms with van der Waals surface area (Å²) in [5.74, 6) is 0.704. The van der Waals surface area contributed by atoms with E-state index in [1.165, 1.54) is 12.0 Å². The van der Waals surface area contributed by atoms with Crippen molar-refractivity contribution in [3.63, 3.8) is 0 Å². The van der Waals surface area contributed by atoms with Gasteiger partial charge in [-0.25, -0.2) is 0 Å². The molecule has 0 fully saturated rings. The Morgan fingerprint density at radius 2 is 1.68 bits per heavy atom. The van der Waals surface area contributed by atoms with Crippen LogP contribution in [0.2, 0.25) is 0 Å². The fourth-order valence-electron chi connectivity index (χ4n) is 2.14. The van der Waals surface area contributed by atoms with E-state index in [9.17, 15) is 5.11 Å². The second-order valence-corrected chi connectivity index (χ2v) is 5.94. The summed E-state index contributed by atoms with van der Waals surface area (Å²) in [4.78, 5) is 2.25. The SMILES string of the molecule is CCc1ccc(C(O)C(C)N(C)CCC(C)C)cc1. The summed E-state index contributed by atoms with van der Waals surface area (Å²) >= 11 is 0. The molecule has 0 aromatic heterocycles. The zero-order valence-electron chi connectivity index (χ0n) is 13.1. The van der Waals surface area contributed by atoms with E-state index in [0.717, 1.165) is 18.5 Å². The Labute approximate surface area is 118 Å². The highest BCUT2D eigenvalue weighted by atomic mass is 16.3. The molecule has 1 N–H and O–H groups in total. The molecule has 1 rings (SSSR count). The lowest BCUT2D eigenvalue weighted by atomic mass is 10.00. The summed E-state index contributed by atoms with van der Waals surface area (Å²) in [5.41, 5.74) is 2.33. The van der Waals surface area contributed by atoms with Gasteiger partial charge in [0.25, 0.3) is 0 Å². The van der Waals surface area contributed by atoms with Crippen molar-refractivity contribution in [2.75, 3.05) is 13.6 Å². The maximum Gasteiger partial charge on any atom is 0.0942 e. The van der Waals surface area contributed by atoms with E-state index in [2.05, 4.69) is 63.9 Å². The molecule has 0 amide bonds. The zero-order chi connectivity index (χ0) is 14.4. The van der Waals surface area contributed by atoms with E-state index in [0.29, 0.717) is 5.92 Å². The fraction of sp³-hybridized carbons (Fsp3) is 0.647. The van der Waals surface area contributed by atoms with Crippen molar-refractivity contribution >= 4 is 0 Å². The fourth-order valence-corrected chi connectivity index (χ4v) is 2.14. The van der Waals surface area contributed by atoms with Crippen molar-refractivity contribution in [3.8, 4) is 0 Å². The molecule has 0 saturated heterocycles. The van der Waals surface area contributed by atoms with Crippen LogP contribution in [0.5, 0.6) is 0 Å². The third-order valence-electron chi connectivity index (χ3n) is 3.94. The number of aliphatic hydroxyl groups excluding tert-OH is 1. The van der Waals surface area contributed by atoms with Gasteiger partial charge < -0.3 is 10.0 Å². The van der Waals surface area contributed by atoms with E-state index in [1.54, 1.807) is 0 Å². The van der Waals surface area contributed by atoms with Crippen molar-refractivity contribution in [2.24, 2.45) is 5.92 Å². The van der Waals surface area contributed by atoms with Crippen LogP contribution in [0.4, 0.5) is 0 Å². The van der Waals surface area contributed by atoms with Crippen LogP contribution in [0.3, 0.4) is 0 Å². The molecule has 0 spiro atoms. The van der Waals surface area contributed by atoms with Crippen LogP contribution in [-0.2, 0) is 6.42 Å². The predicted molar refractivity (Wildman–Crippen MR) is 82.3 cm³/mol. The van der Waals surface area contributed by atoms with Gasteiger partial charge in [0.2, 0.25) is 0 Å². The topological polar surface area (TPSA) is 23.5 Å². The summed E-state index contributed by atoms with van der Waals surface area (Å²) in [5, 5.41) is 10.4. The molecule has 0 radical (unpaired) electrons. The first kappa shape index (κ1) is 16.2. The monoisotopic (exact) mass is 263 g/mol. The van der Waals surface area contributed by atoms with Crippen molar-refractivity contribution in [2.45, 2.75) is 52.7 Å². The minimum absolute atomic E-state index is 0.145. The van der Waals surface area contributed by atoms with Gasteiger partial charge in [0.1, 0.15) is 0 Å². The second-order valence-electron chi connectivity index (χ2n) is 5.94. The summed E-state index contributed by atoms with van der Waals surface area (Å²) < 4.78 is 0. The number of hydrogen-bond acceptors (Lipinski definition) is 2. The average molecular weight is 263 g/mol. The van der Waals surface area contributed by atoms with Gasteiger partial charge in [0.05, 0.1) is 6.10 Å².